The Labute approximate surface area is 178 Å². The molecule has 0 atom stereocenters. The Morgan fingerprint density at radius 3 is 2.70 bits per heavy atom. The van der Waals surface area contributed by atoms with Crippen molar-refractivity contribution < 1.29 is 4.79 Å². The number of hydrogen-bond donors (Lipinski definition) is 1. The maximum absolute atomic E-state index is 12.4. The average Bonchev–Trinajstić information content (AvgIpc) is 3.23. The van der Waals surface area contributed by atoms with E-state index in [1.807, 2.05) is 30.1 Å². The van der Waals surface area contributed by atoms with Crippen LogP contribution in [0, 0.1) is 11.3 Å². The molecule has 4 aromatic rings. The Kier molecular flexibility index (Phi) is 5.68. The predicted molar refractivity (Wildman–Crippen MR) is 121 cm³/mol. The third-order valence-corrected chi connectivity index (χ3v) is 5.82. The highest BCUT2D eigenvalue weighted by Gasteiger charge is 2.14. The summed E-state index contributed by atoms with van der Waals surface area (Å²) in [7, 11) is 1.91. The van der Waals surface area contributed by atoms with Crippen molar-refractivity contribution in [3.8, 4) is 16.5 Å². The number of carbonyl (C=O) groups excluding carboxylic acids is 1. The number of nitrogens with zero attached hydrogens (tertiary/aromatic N) is 4. The molecular weight excluding hydrogens is 394 g/mol. The number of benzene rings is 2. The van der Waals surface area contributed by atoms with Crippen molar-refractivity contribution in [3.05, 3.63) is 72.6 Å². The second-order valence-corrected chi connectivity index (χ2v) is 7.80. The molecule has 0 unspecified atom stereocenters. The Morgan fingerprint density at radius 2 is 1.90 bits per heavy atom. The lowest BCUT2D eigenvalue weighted by Crippen LogP contribution is -2.25. The molecule has 7 heteroatoms. The fourth-order valence-corrected chi connectivity index (χ4v) is 4.17. The minimum absolute atomic E-state index is 0.148. The van der Waals surface area contributed by atoms with Crippen molar-refractivity contribution in [3.63, 3.8) is 0 Å². The topological polar surface area (TPSA) is 81.9 Å². The lowest BCUT2D eigenvalue weighted by atomic mass is 10.2. The third-order valence-electron chi connectivity index (χ3n) is 4.72. The first-order valence-corrected chi connectivity index (χ1v) is 10.3. The average molecular weight is 414 g/mol. The normalized spacial score (nSPS) is 10.5. The Hall–Kier alpha value is -3.76. The van der Waals surface area contributed by atoms with E-state index in [1.165, 1.54) is 0 Å². The van der Waals surface area contributed by atoms with E-state index in [0.29, 0.717) is 17.8 Å². The number of nitrogens with one attached hydrogen (secondary N) is 1. The Bertz CT molecular complexity index is 1230. The van der Waals surface area contributed by atoms with Crippen LogP contribution in [0.25, 0.3) is 20.7 Å². The van der Waals surface area contributed by atoms with Crippen LogP contribution in [0.5, 0.6) is 0 Å². The van der Waals surface area contributed by atoms with Gasteiger partial charge in [0, 0.05) is 24.9 Å². The zero-order valence-corrected chi connectivity index (χ0v) is 17.2. The highest BCUT2D eigenvalue weighted by atomic mass is 32.1. The summed E-state index contributed by atoms with van der Waals surface area (Å²) >= 11 is 1.62. The molecule has 0 aliphatic rings. The largest absolute Gasteiger partial charge is 0.359 e. The van der Waals surface area contributed by atoms with Crippen LogP contribution in [0.15, 0.2) is 67.0 Å². The van der Waals surface area contributed by atoms with Crippen molar-refractivity contribution in [1.82, 2.24) is 9.97 Å². The van der Waals surface area contributed by atoms with Gasteiger partial charge in [0.2, 0.25) is 5.91 Å². The molecule has 4 rings (SSSR count). The monoisotopic (exact) mass is 413 g/mol. The zero-order chi connectivity index (χ0) is 20.9. The van der Waals surface area contributed by atoms with Crippen LogP contribution in [0.2, 0.25) is 0 Å². The van der Waals surface area contributed by atoms with Crippen LogP contribution in [0.4, 0.5) is 11.5 Å². The van der Waals surface area contributed by atoms with Crippen LogP contribution >= 0.6 is 11.3 Å². The first-order valence-electron chi connectivity index (χ1n) is 9.46. The predicted octanol–water partition coefficient (Wildman–Crippen LogP) is 4.69. The lowest BCUT2D eigenvalue weighted by molar-refractivity contribution is -0.116. The van der Waals surface area contributed by atoms with Gasteiger partial charge in [-0.05, 0) is 23.8 Å². The maximum Gasteiger partial charge on any atom is 0.226 e. The number of fused-ring (bicyclic) bond motifs is 1. The number of rotatable bonds is 6. The summed E-state index contributed by atoms with van der Waals surface area (Å²) in [6, 6.07) is 21.3. The molecule has 0 aliphatic heterocycles. The molecule has 1 amide bonds. The fraction of sp³-hybridized carbons (Fsp3) is 0.130. The second-order valence-electron chi connectivity index (χ2n) is 6.77. The van der Waals surface area contributed by atoms with Crippen molar-refractivity contribution in [2.24, 2.45) is 0 Å². The van der Waals surface area contributed by atoms with E-state index in [1.54, 1.807) is 41.9 Å². The van der Waals surface area contributed by atoms with Gasteiger partial charge < -0.3 is 10.2 Å². The van der Waals surface area contributed by atoms with Crippen molar-refractivity contribution in [2.75, 3.05) is 23.8 Å². The van der Waals surface area contributed by atoms with Gasteiger partial charge in [0.05, 0.1) is 16.6 Å². The minimum atomic E-state index is -0.148. The van der Waals surface area contributed by atoms with Gasteiger partial charge in [-0.15, -0.1) is 11.3 Å². The zero-order valence-electron chi connectivity index (χ0n) is 16.4. The first kappa shape index (κ1) is 19.6. The number of aromatic nitrogens is 2. The molecule has 0 spiro atoms. The summed E-state index contributed by atoms with van der Waals surface area (Å²) in [6.45, 7) is 0.489. The van der Waals surface area contributed by atoms with Gasteiger partial charge in [-0.3, -0.25) is 4.79 Å². The maximum atomic E-state index is 12.4. The second kappa shape index (κ2) is 8.72. The molecule has 6 nitrogen and oxygen atoms in total. The summed E-state index contributed by atoms with van der Waals surface area (Å²) in [4.78, 5) is 25.3. The molecule has 2 heterocycles. The molecule has 0 bridgehead atoms. The minimum Gasteiger partial charge on any atom is -0.359 e. The number of thiophene rings is 1. The van der Waals surface area contributed by atoms with E-state index in [0.717, 1.165) is 26.5 Å². The molecule has 0 fully saturated rings. The van der Waals surface area contributed by atoms with Crippen LogP contribution < -0.4 is 10.2 Å². The smallest absolute Gasteiger partial charge is 0.226 e. The van der Waals surface area contributed by atoms with E-state index in [4.69, 9.17) is 5.26 Å². The number of anilines is 2. The summed E-state index contributed by atoms with van der Waals surface area (Å²) in [6.07, 6.45) is 1.83. The van der Waals surface area contributed by atoms with E-state index < -0.39 is 0 Å². The summed E-state index contributed by atoms with van der Waals surface area (Å²) in [5.41, 5.74) is 2.12. The molecule has 2 aromatic heterocycles. The number of para-hydroxylation sites is 1. The van der Waals surface area contributed by atoms with E-state index in [-0.39, 0.29) is 12.3 Å². The van der Waals surface area contributed by atoms with Gasteiger partial charge >= 0.3 is 0 Å². The molecule has 30 heavy (non-hydrogen) atoms. The lowest BCUT2D eigenvalue weighted by Gasteiger charge is -2.18. The van der Waals surface area contributed by atoms with Crippen molar-refractivity contribution in [1.29, 1.82) is 5.26 Å². The van der Waals surface area contributed by atoms with Gasteiger partial charge in [0.25, 0.3) is 0 Å². The number of hydrogen-bond acceptors (Lipinski definition) is 6. The van der Waals surface area contributed by atoms with Crippen LogP contribution in [0.1, 0.15) is 12.0 Å². The van der Waals surface area contributed by atoms with Gasteiger partial charge in [-0.25, -0.2) is 9.97 Å². The Balaban J connectivity index is 1.48. The first-order chi connectivity index (χ1) is 14.7. The molecule has 0 aliphatic carbocycles. The van der Waals surface area contributed by atoms with Crippen molar-refractivity contribution in [2.45, 2.75) is 6.42 Å². The fourth-order valence-electron chi connectivity index (χ4n) is 3.17. The van der Waals surface area contributed by atoms with Gasteiger partial charge in [-0.2, -0.15) is 5.26 Å². The van der Waals surface area contributed by atoms with Crippen LogP contribution in [0.3, 0.4) is 0 Å². The molecule has 0 radical (unpaired) electrons. The van der Waals surface area contributed by atoms with Gasteiger partial charge in [0.15, 0.2) is 0 Å². The Morgan fingerprint density at radius 1 is 1.13 bits per heavy atom. The molecule has 2 aromatic carbocycles. The number of carbonyl (C=O) groups is 1. The highest BCUT2D eigenvalue weighted by Crippen LogP contribution is 2.35. The van der Waals surface area contributed by atoms with E-state index in [9.17, 15) is 4.79 Å². The third kappa shape index (κ3) is 4.14. The summed E-state index contributed by atoms with van der Waals surface area (Å²) in [5, 5.41) is 12.9. The summed E-state index contributed by atoms with van der Waals surface area (Å²) < 4.78 is 0. The number of nitriles is 1. The van der Waals surface area contributed by atoms with Crippen LogP contribution in [-0.2, 0) is 4.79 Å². The molecule has 0 saturated carbocycles. The standard InChI is InChI=1S/C23H19N5OS/c1-28(12-11-21(29)27-19-10-6-5-9-17(19)14-24)22-18-13-20(16-7-3-2-4-8-16)30-23(18)26-15-25-22/h2-10,13,15H,11-12H2,1H3,(H,27,29). The molecule has 1 N–H and O–H groups in total. The number of amides is 1. The quantitative estimate of drug-likeness (QED) is 0.496. The van der Waals surface area contributed by atoms with Crippen LogP contribution in [-0.4, -0.2) is 29.5 Å². The SMILES string of the molecule is CN(CCC(=O)Nc1ccccc1C#N)c1ncnc2sc(-c3ccccc3)cc12. The van der Waals surface area contributed by atoms with Gasteiger partial charge in [-0.1, -0.05) is 42.5 Å². The van der Waals surface area contributed by atoms with Gasteiger partial charge in [0.1, 0.15) is 23.0 Å². The van der Waals surface area contributed by atoms with E-state index in [2.05, 4.69) is 39.6 Å². The van der Waals surface area contributed by atoms with Crippen molar-refractivity contribution >= 4 is 39.0 Å². The molecular formula is C23H19N5OS. The molecule has 0 saturated heterocycles. The summed E-state index contributed by atoms with van der Waals surface area (Å²) in [5.74, 6) is 0.647. The van der Waals surface area contributed by atoms with E-state index >= 15 is 0 Å². The molecule has 148 valence electrons. The highest BCUT2D eigenvalue weighted by molar-refractivity contribution is 7.21.